The highest BCUT2D eigenvalue weighted by Crippen LogP contribution is 2.18. The zero-order chi connectivity index (χ0) is 14.8. The van der Waals surface area contributed by atoms with Crippen LogP contribution in [0.2, 0.25) is 0 Å². The zero-order valence-electron chi connectivity index (χ0n) is 12.2. The summed E-state index contributed by atoms with van der Waals surface area (Å²) < 4.78 is 21.2. The van der Waals surface area contributed by atoms with E-state index in [1.54, 1.807) is 12.1 Å². The third-order valence-electron chi connectivity index (χ3n) is 1.87. The van der Waals surface area contributed by atoms with Crippen LogP contribution in [0.1, 0.15) is 29.1 Å². The van der Waals surface area contributed by atoms with Crippen LogP contribution >= 0.6 is 0 Å². The van der Waals surface area contributed by atoms with Gasteiger partial charge < -0.3 is 15.6 Å². The second-order valence-corrected chi connectivity index (χ2v) is 4.70. The molecular weight excluding hydrogens is 218 g/mol. The summed E-state index contributed by atoms with van der Waals surface area (Å²) in [5.74, 6) is -0.782. The maximum Gasteiger partial charge on any atom is 0.320 e. The molecule has 0 heterocycles. The molecule has 0 amide bonds. The Morgan fingerprint density at radius 2 is 2.00 bits per heavy atom. The summed E-state index contributed by atoms with van der Waals surface area (Å²) in [6.07, 6.45) is -2.13. The summed E-state index contributed by atoms with van der Waals surface area (Å²) in [7, 11) is 0. The minimum absolute atomic E-state index is 0.212. The number of carboxylic acids is 1. The van der Waals surface area contributed by atoms with Crippen molar-refractivity contribution in [2.45, 2.75) is 38.8 Å². The van der Waals surface area contributed by atoms with Crippen molar-refractivity contribution >= 4 is 5.97 Å². The van der Waals surface area contributed by atoms with Gasteiger partial charge in [-0.25, -0.2) is 0 Å². The Morgan fingerprint density at radius 1 is 1.47 bits per heavy atom. The lowest BCUT2D eigenvalue weighted by molar-refractivity contribution is -0.138. The molecule has 4 nitrogen and oxygen atoms in total. The molecule has 0 aromatic heterocycles. The molecule has 0 saturated heterocycles. The van der Waals surface area contributed by atoms with Gasteiger partial charge >= 0.3 is 5.97 Å². The van der Waals surface area contributed by atoms with Crippen LogP contribution in [0, 0.1) is 0 Å². The first kappa shape index (κ1) is 10.6. The summed E-state index contributed by atoms with van der Waals surface area (Å²) in [6, 6.07) is 4.58. The monoisotopic (exact) mass is 239 g/mol. The molecule has 0 spiro atoms. The molecule has 0 radical (unpaired) electrons. The molecule has 0 fully saturated rings. The second kappa shape index (κ2) is 5.19. The Hall–Kier alpha value is -1.55. The third kappa shape index (κ3) is 4.87. The van der Waals surface area contributed by atoms with Crippen LogP contribution in [0.15, 0.2) is 24.3 Å². The Balaban J connectivity index is 2.95. The van der Waals surface area contributed by atoms with Crippen LogP contribution in [0.3, 0.4) is 0 Å². The molecule has 0 unspecified atom stereocenters. The standard InChI is InChI=1S/C13H19NO3/c1-13(2,3)17-10-6-4-9(5-7-10)8-11(14)12(15)16/h4-7,11H,8,14H2,1-3H3,(H,15,16)/t11-/m0/s1/i8D2. The molecule has 0 aliphatic heterocycles. The summed E-state index contributed by atoms with van der Waals surface area (Å²) >= 11 is 0. The van der Waals surface area contributed by atoms with Gasteiger partial charge in [0, 0.05) is 2.74 Å². The predicted octanol–water partition coefficient (Wildman–Crippen LogP) is 1.82. The van der Waals surface area contributed by atoms with Gasteiger partial charge in [-0.3, -0.25) is 4.79 Å². The molecule has 0 bridgehead atoms. The Morgan fingerprint density at radius 3 is 2.41 bits per heavy atom. The van der Waals surface area contributed by atoms with Crippen molar-refractivity contribution in [2.24, 2.45) is 5.73 Å². The highest BCUT2D eigenvalue weighted by atomic mass is 16.5. The Labute approximate surface area is 104 Å². The van der Waals surface area contributed by atoms with Crippen LogP contribution < -0.4 is 10.5 Å². The summed E-state index contributed by atoms with van der Waals surface area (Å²) in [5, 5.41) is 8.80. The highest BCUT2D eigenvalue weighted by Gasteiger charge is 2.13. The van der Waals surface area contributed by atoms with Crippen LogP contribution in [0.4, 0.5) is 0 Å². The number of carboxylic acid groups (broad SMARTS) is 1. The van der Waals surface area contributed by atoms with Gasteiger partial charge in [-0.1, -0.05) is 12.1 Å². The molecular formula is C13H19NO3. The van der Waals surface area contributed by atoms with E-state index in [-0.39, 0.29) is 11.2 Å². The number of aliphatic carboxylic acids is 1. The van der Waals surface area contributed by atoms with Crippen molar-refractivity contribution in [1.82, 2.24) is 0 Å². The Kier molecular flexibility index (Phi) is 3.23. The van der Waals surface area contributed by atoms with E-state index < -0.39 is 18.4 Å². The van der Waals surface area contributed by atoms with E-state index in [0.717, 1.165) is 0 Å². The molecule has 0 saturated carbocycles. The first-order chi connectivity index (χ1) is 8.54. The molecule has 1 atom stereocenters. The number of ether oxygens (including phenoxy) is 1. The molecule has 3 N–H and O–H groups in total. The fourth-order valence-corrected chi connectivity index (χ4v) is 1.21. The number of rotatable bonds is 4. The van der Waals surface area contributed by atoms with Crippen molar-refractivity contribution in [1.29, 1.82) is 0 Å². The maximum atomic E-state index is 10.8. The van der Waals surface area contributed by atoms with E-state index in [4.69, 9.17) is 18.3 Å². The quantitative estimate of drug-likeness (QED) is 0.840. The number of carbonyl (C=O) groups is 1. The van der Waals surface area contributed by atoms with Gasteiger partial charge in [0.25, 0.3) is 0 Å². The van der Waals surface area contributed by atoms with E-state index in [2.05, 4.69) is 0 Å². The minimum Gasteiger partial charge on any atom is -0.488 e. The maximum absolute atomic E-state index is 10.8. The Bertz CT molecular complexity index is 452. The molecule has 94 valence electrons. The van der Waals surface area contributed by atoms with E-state index in [1.165, 1.54) is 12.1 Å². The molecule has 0 aliphatic rings. The van der Waals surface area contributed by atoms with E-state index >= 15 is 0 Å². The van der Waals surface area contributed by atoms with Crippen molar-refractivity contribution in [3.05, 3.63) is 29.8 Å². The lowest BCUT2D eigenvalue weighted by atomic mass is 10.1. The lowest BCUT2D eigenvalue weighted by Gasteiger charge is -2.21. The zero-order valence-corrected chi connectivity index (χ0v) is 10.2. The van der Waals surface area contributed by atoms with Gasteiger partial charge in [0.15, 0.2) is 0 Å². The van der Waals surface area contributed by atoms with Crippen LogP contribution in [0.5, 0.6) is 5.75 Å². The number of hydrogen-bond acceptors (Lipinski definition) is 3. The first-order valence-electron chi connectivity index (χ1n) is 6.32. The van der Waals surface area contributed by atoms with Crippen LogP contribution in [-0.2, 0) is 11.2 Å². The van der Waals surface area contributed by atoms with Crippen molar-refractivity contribution in [2.75, 3.05) is 0 Å². The van der Waals surface area contributed by atoms with Gasteiger partial charge in [-0.2, -0.15) is 0 Å². The normalized spacial score (nSPS) is 15.8. The molecule has 1 rings (SSSR count). The summed E-state index contributed by atoms with van der Waals surface area (Å²) in [6.45, 7) is 5.71. The largest absolute Gasteiger partial charge is 0.488 e. The van der Waals surface area contributed by atoms with Gasteiger partial charge in [0.2, 0.25) is 0 Å². The lowest BCUT2D eigenvalue weighted by Crippen LogP contribution is -2.32. The van der Waals surface area contributed by atoms with Gasteiger partial charge in [0.1, 0.15) is 17.4 Å². The van der Waals surface area contributed by atoms with Gasteiger partial charge in [-0.15, -0.1) is 0 Å². The van der Waals surface area contributed by atoms with E-state index in [9.17, 15) is 4.79 Å². The summed E-state index contributed by atoms with van der Waals surface area (Å²) in [5.41, 5.74) is 5.22. The topological polar surface area (TPSA) is 72.5 Å². The molecule has 1 aromatic rings. The van der Waals surface area contributed by atoms with Gasteiger partial charge in [0.05, 0.1) is 0 Å². The second-order valence-electron chi connectivity index (χ2n) is 4.70. The smallest absolute Gasteiger partial charge is 0.320 e. The molecule has 4 heteroatoms. The average Bonchev–Trinajstić information content (AvgIpc) is 2.26. The van der Waals surface area contributed by atoms with E-state index in [1.807, 2.05) is 20.8 Å². The SMILES string of the molecule is [2H]C([2H])(c1ccc(OC(C)(C)C)cc1)[C@H](N)C(=O)O. The predicted molar refractivity (Wildman–Crippen MR) is 66.1 cm³/mol. The van der Waals surface area contributed by atoms with E-state index in [0.29, 0.717) is 5.75 Å². The molecule has 17 heavy (non-hydrogen) atoms. The number of benzene rings is 1. The van der Waals surface area contributed by atoms with Gasteiger partial charge in [-0.05, 0) is 44.8 Å². The van der Waals surface area contributed by atoms with Crippen molar-refractivity contribution < 1.29 is 17.4 Å². The summed E-state index contributed by atoms with van der Waals surface area (Å²) in [4.78, 5) is 10.8. The molecule has 0 aliphatic carbocycles. The van der Waals surface area contributed by atoms with Crippen molar-refractivity contribution in [3.63, 3.8) is 0 Å². The van der Waals surface area contributed by atoms with Crippen LogP contribution in [-0.4, -0.2) is 22.7 Å². The average molecular weight is 239 g/mol. The van der Waals surface area contributed by atoms with Crippen LogP contribution in [0.25, 0.3) is 0 Å². The molecule has 1 aromatic carbocycles. The number of nitrogens with two attached hydrogens (primary N) is 1. The fourth-order valence-electron chi connectivity index (χ4n) is 1.21. The first-order valence-corrected chi connectivity index (χ1v) is 5.32. The van der Waals surface area contributed by atoms with Crippen molar-refractivity contribution in [3.8, 4) is 5.75 Å². The fraction of sp³-hybridized carbons (Fsp3) is 0.462. The number of hydrogen-bond donors (Lipinski definition) is 2. The minimum atomic E-state index is -2.13. The third-order valence-corrected chi connectivity index (χ3v) is 1.87. The highest BCUT2D eigenvalue weighted by molar-refractivity contribution is 5.73.